The lowest BCUT2D eigenvalue weighted by molar-refractivity contribution is 0.258. The number of aliphatic hydroxyl groups excluding tert-OH is 1. The summed E-state index contributed by atoms with van der Waals surface area (Å²) in [5, 5.41) is 9.33. The van der Waals surface area contributed by atoms with E-state index in [4.69, 9.17) is 9.47 Å². The van der Waals surface area contributed by atoms with E-state index in [1.54, 1.807) is 31.6 Å². The normalized spacial score (nSPS) is 10.3. The van der Waals surface area contributed by atoms with Crippen LogP contribution in [0.15, 0.2) is 36.7 Å². The largest absolute Gasteiger partial charge is 0.497 e. The minimum absolute atomic E-state index is 0.0847. The van der Waals surface area contributed by atoms with Crippen LogP contribution in [0.2, 0.25) is 0 Å². The Morgan fingerprint density at radius 1 is 1.21 bits per heavy atom. The minimum Gasteiger partial charge on any atom is -0.497 e. The number of aromatic nitrogens is 1. The molecule has 1 heterocycles. The molecule has 4 heteroatoms. The summed E-state index contributed by atoms with van der Waals surface area (Å²) in [5.74, 6) is 1.36. The number of hydrogen-bond acceptors (Lipinski definition) is 4. The van der Waals surface area contributed by atoms with Crippen LogP contribution in [-0.4, -0.2) is 17.2 Å². The molecule has 0 saturated carbocycles. The highest BCUT2D eigenvalue weighted by Gasteiger charge is 2.05. The van der Waals surface area contributed by atoms with Crippen LogP contribution in [0.3, 0.4) is 0 Å². The highest BCUT2D eigenvalue weighted by atomic mass is 16.5. The van der Waals surface area contributed by atoms with E-state index in [2.05, 4.69) is 4.98 Å². The Hall–Kier alpha value is -2.07. The fraction of sp³-hybridized carbons (Fsp3) is 0.267. The van der Waals surface area contributed by atoms with E-state index in [9.17, 15) is 5.11 Å². The van der Waals surface area contributed by atoms with Gasteiger partial charge < -0.3 is 14.6 Å². The van der Waals surface area contributed by atoms with Crippen LogP contribution in [0.1, 0.15) is 16.7 Å². The van der Waals surface area contributed by atoms with Crippen molar-refractivity contribution >= 4 is 0 Å². The van der Waals surface area contributed by atoms with Gasteiger partial charge in [0.25, 0.3) is 0 Å². The molecular weight excluding hydrogens is 242 g/mol. The van der Waals surface area contributed by atoms with Crippen LogP contribution in [0.25, 0.3) is 0 Å². The second-order valence-electron chi connectivity index (χ2n) is 4.29. The van der Waals surface area contributed by atoms with E-state index < -0.39 is 0 Å². The standard InChI is InChI=1S/C15H17NO3/c1-11-5-12(8-16-7-11)10-19-15-4-3-14(18-2)6-13(15)9-17/h3-8,17H,9-10H2,1-2H3. The molecule has 0 fully saturated rings. The molecule has 0 radical (unpaired) electrons. The van der Waals surface area contributed by atoms with Gasteiger partial charge in [-0.05, 0) is 36.8 Å². The molecule has 0 atom stereocenters. The summed E-state index contributed by atoms with van der Waals surface area (Å²) in [6.45, 7) is 2.33. The maximum Gasteiger partial charge on any atom is 0.125 e. The van der Waals surface area contributed by atoms with E-state index in [0.29, 0.717) is 23.7 Å². The van der Waals surface area contributed by atoms with Gasteiger partial charge in [0.05, 0.1) is 13.7 Å². The van der Waals surface area contributed by atoms with Crippen LogP contribution in [0, 0.1) is 6.92 Å². The molecule has 0 saturated heterocycles. The van der Waals surface area contributed by atoms with Crippen molar-refractivity contribution in [2.75, 3.05) is 7.11 Å². The summed E-state index contributed by atoms with van der Waals surface area (Å²) < 4.78 is 10.8. The molecule has 0 unspecified atom stereocenters. The summed E-state index contributed by atoms with van der Waals surface area (Å²) in [5.41, 5.74) is 2.80. The Bertz CT molecular complexity index is 555. The molecule has 2 aromatic rings. The number of pyridine rings is 1. The zero-order valence-corrected chi connectivity index (χ0v) is 11.1. The maximum absolute atomic E-state index is 9.33. The molecule has 0 aliphatic rings. The number of methoxy groups -OCH3 is 1. The predicted octanol–water partition coefficient (Wildman–Crippen LogP) is 2.47. The number of aryl methyl sites for hydroxylation is 1. The van der Waals surface area contributed by atoms with Crippen molar-refractivity contribution in [3.8, 4) is 11.5 Å². The second-order valence-corrected chi connectivity index (χ2v) is 4.29. The SMILES string of the molecule is COc1ccc(OCc2cncc(C)c2)c(CO)c1. The predicted molar refractivity (Wildman–Crippen MR) is 72.2 cm³/mol. The lowest BCUT2D eigenvalue weighted by atomic mass is 10.2. The molecule has 1 aromatic carbocycles. The van der Waals surface area contributed by atoms with Gasteiger partial charge in [-0.15, -0.1) is 0 Å². The average molecular weight is 259 g/mol. The highest BCUT2D eigenvalue weighted by Crippen LogP contribution is 2.25. The lowest BCUT2D eigenvalue weighted by Gasteiger charge is -2.11. The fourth-order valence-corrected chi connectivity index (χ4v) is 1.80. The van der Waals surface area contributed by atoms with Gasteiger partial charge in [0.1, 0.15) is 18.1 Å². The van der Waals surface area contributed by atoms with Gasteiger partial charge in [-0.25, -0.2) is 0 Å². The Morgan fingerprint density at radius 3 is 2.74 bits per heavy atom. The van der Waals surface area contributed by atoms with Crippen LogP contribution in [0.4, 0.5) is 0 Å². The molecule has 2 rings (SSSR count). The van der Waals surface area contributed by atoms with E-state index >= 15 is 0 Å². The zero-order chi connectivity index (χ0) is 13.7. The van der Waals surface area contributed by atoms with E-state index in [1.165, 1.54) is 0 Å². The Morgan fingerprint density at radius 2 is 2.05 bits per heavy atom. The van der Waals surface area contributed by atoms with Gasteiger partial charge in [0, 0.05) is 23.5 Å². The van der Waals surface area contributed by atoms with Gasteiger partial charge in [-0.3, -0.25) is 4.98 Å². The Kier molecular flexibility index (Phi) is 4.36. The van der Waals surface area contributed by atoms with Gasteiger partial charge in [-0.2, -0.15) is 0 Å². The molecule has 0 spiro atoms. The van der Waals surface area contributed by atoms with Gasteiger partial charge in [0.2, 0.25) is 0 Å². The van der Waals surface area contributed by atoms with Gasteiger partial charge >= 0.3 is 0 Å². The number of rotatable bonds is 5. The van der Waals surface area contributed by atoms with E-state index in [-0.39, 0.29) is 6.61 Å². The third kappa shape index (κ3) is 3.45. The zero-order valence-electron chi connectivity index (χ0n) is 11.1. The lowest BCUT2D eigenvalue weighted by Crippen LogP contribution is -2.00. The van der Waals surface area contributed by atoms with E-state index in [1.807, 2.05) is 19.1 Å². The number of ether oxygens (including phenoxy) is 2. The second kappa shape index (κ2) is 6.20. The molecule has 0 aliphatic heterocycles. The molecule has 0 amide bonds. The van der Waals surface area contributed by atoms with Crippen molar-refractivity contribution < 1.29 is 14.6 Å². The molecular formula is C15H17NO3. The number of aliphatic hydroxyl groups is 1. The molecule has 19 heavy (non-hydrogen) atoms. The average Bonchev–Trinajstić information content (AvgIpc) is 2.45. The molecule has 100 valence electrons. The first kappa shape index (κ1) is 13.4. The molecule has 1 N–H and O–H groups in total. The van der Waals surface area contributed by atoms with Crippen molar-refractivity contribution in [1.82, 2.24) is 4.98 Å². The first-order chi connectivity index (χ1) is 9.22. The molecule has 0 aliphatic carbocycles. The van der Waals surface area contributed by atoms with Crippen molar-refractivity contribution in [3.05, 3.63) is 53.3 Å². The molecule has 0 bridgehead atoms. The quantitative estimate of drug-likeness (QED) is 0.896. The summed E-state index contributed by atoms with van der Waals surface area (Å²) in [6, 6.07) is 7.40. The number of hydrogen-bond donors (Lipinski definition) is 1. The summed E-state index contributed by atoms with van der Waals surface area (Å²) in [4.78, 5) is 4.12. The topological polar surface area (TPSA) is 51.6 Å². The third-order valence-corrected chi connectivity index (χ3v) is 2.76. The fourth-order valence-electron chi connectivity index (χ4n) is 1.80. The van der Waals surface area contributed by atoms with Crippen LogP contribution in [-0.2, 0) is 13.2 Å². The first-order valence-corrected chi connectivity index (χ1v) is 6.04. The minimum atomic E-state index is -0.0847. The van der Waals surface area contributed by atoms with Crippen molar-refractivity contribution in [3.63, 3.8) is 0 Å². The van der Waals surface area contributed by atoms with Crippen molar-refractivity contribution in [2.24, 2.45) is 0 Å². The maximum atomic E-state index is 9.33. The Labute approximate surface area is 112 Å². The number of benzene rings is 1. The van der Waals surface area contributed by atoms with Crippen LogP contribution >= 0.6 is 0 Å². The van der Waals surface area contributed by atoms with Crippen LogP contribution in [0.5, 0.6) is 11.5 Å². The summed E-state index contributed by atoms with van der Waals surface area (Å²) in [6.07, 6.45) is 3.57. The van der Waals surface area contributed by atoms with Crippen molar-refractivity contribution in [2.45, 2.75) is 20.1 Å². The van der Waals surface area contributed by atoms with Crippen molar-refractivity contribution in [1.29, 1.82) is 0 Å². The number of nitrogens with zero attached hydrogens (tertiary/aromatic N) is 1. The summed E-state index contributed by atoms with van der Waals surface area (Å²) in [7, 11) is 1.59. The molecule has 1 aromatic heterocycles. The smallest absolute Gasteiger partial charge is 0.125 e. The summed E-state index contributed by atoms with van der Waals surface area (Å²) >= 11 is 0. The third-order valence-electron chi connectivity index (χ3n) is 2.76. The Balaban J connectivity index is 2.11. The molecule has 4 nitrogen and oxygen atoms in total. The first-order valence-electron chi connectivity index (χ1n) is 6.04. The van der Waals surface area contributed by atoms with E-state index in [0.717, 1.165) is 11.1 Å². The highest BCUT2D eigenvalue weighted by molar-refractivity contribution is 5.40. The van der Waals surface area contributed by atoms with Gasteiger partial charge in [0.15, 0.2) is 0 Å². The van der Waals surface area contributed by atoms with Gasteiger partial charge in [-0.1, -0.05) is 0 Å². The monoisotopic (exact) mass is 259 g/mol. The van der Waals surface area contributed by atoms with Crippen LogP contribution < -0.4 is 9.47 Å².